The second-order valence-corrected chi connectivity index (χ2v) is 2.45. The third-order valence-electron chi connectivity index (χ3n) is 1.45. The fourth-order valence-corrected chi connectivity index (χ4v) is 0.883. The first-order valence-corrected chi connectivity index (χ1v) is 4.07. The maximum atomic E-state index is 8.25. The molecule has 1 aromatic rings. The van der Waals surface area contributed by atoms with E-state index in [0.29, 0.717) is 0 Å². The molecule has 1 aromatic heterocycles. The van der Waals surface area contributed by atoms with Crippen molar-refractivity contribution in [3.8, 4) is 0 Å². The molecule has 0 aliphatic carbocycles. The van der Waals surface area contributed by atoms with Gasteiger partial charge in [-0.3, -0.25) is 0 Å². The maximum absolute atomic E-state index is 8.25. The maximum Gasteiger partial charge on any atom is 0.244 e. The predicted molar refractivity (Wildman–Crippen MR) is 50.9 cm³/mol. The van der Waals surface area contributed by atoms with E-state index < -0.39 is 5.09 Å². The molecule has 0 saturated heterocycles. The molecule has 0 spiro atoms. The van der Waals surface area contributed by atoms with Crippen LogP contribution in [0.2, 0.25) is 0 Å². The van der Waals surface area contributed by atoms with E-state index in [1.807, 2.05) is 12.3 Å². The molecule has 78 valence electrons. The third kappa shape index (κ3) is 5.76. The van der Waals surface area contributed by atoms with Gasteiger partial charge in [0.1, 0.15) is 18.9 Å². The van der Waals surface area contributed by atoms with Gasteiger partial charge in [-0.05, 0) is 6.92 Å². The lowest BCUT2D eigenvalue weighted by Crippen LogP contribution is -2.29. The molecule has 6 nitrogen and oxygen atoms in total. The smallest absolute Gasteiger partial charge is 0.244 e. The summed E-state index contributed by atoms with van der Waals surface area (Å²) in [6, 6.07) is 0. The van der Waals surface area contributed by atoms with Gasteiger partial charge in [0.2, 0.25) is 6.33 Å². The monoisotopic (exact) mass is 199 g/mol. The van der Waals surface area contributed by atoms with Crippen LogP contribution in [0.4, 0.5) is 0 Å². The third-order valence-corrected chi connectivity index (χ3v) is 1.45. The number of imidazole rings is 1. The molecule has 1 heterocycles. The van der Waals surface area contributed by atoms with Crippen LogP contribution in [0.15, 0.2) is 31.4 Å². The Hall–Kier alpha value is -1.85. The van der Waals surface area contributed by atoms with Crippen LogP contribution in [0.5, 0.6) is 0 Å². The van der Waals surface area contributed by atoms with Crippen molar-refractivity contribution in [3.63, 3.8) is 0 Å². The highest BCUT2D eigenvalue weighted by Gasteiger charge is 1.96. The van der Waals surface area contributed by atoms with E-state index in [0.717, 1.165) is 13.1 Å². The molecule has 0 atom stereocenters. The van der Waals surface area contributed by atoms with Gasteiger partial charge in [-0.1, -0.05) is 12.7 Å². The van der Waals surface area contributed by atoms with Gasteiger partial charge in [-0.15, -0.1) is 0 Å². The molecule has 14 heavy (non-hydrogen) atoms. The van der Waals surface area contributed by atoms with E-state index in [4.69, 9.17) is 15.3 Å². The number of allylic oxidation sites excluding steroid dienone is 1. The molecule has 0 saturated carbocycles. The predicted octanol–water partition coefficient (Wildman–Crippen LogP) is 0.742. The average molecular weight is 199 g/mol. The SMILES string of the molecule is C=CC[n+]1ccn(CC)c1.O=[N+]([O-])[O-]. The quantitative estimate of drug-likeness (QED) is 0.312. The zero-order chi connectivity index (χ0) is 11.0. The lowest BCUT2D eigenvalue weighted by Gasteiger charge is -1.85. The summed E-state index contributed by atoms with van der Waals surface area (Å²) in [5.41, 5.74) is 0. The minimum atomic E-state index is -1.75. The minimum absolute atomic E-state index is 0.896. The Morgan fingerprint density at radius 1 is 1.64 bits per heavy atom. The van der Waals surface area contributed by atoms with Crippen molar-refractivity contribution in [2.75, 3.05) is 0 Å². The number of aromatic nitrogens is 2. The highest BCUT2D eigenvalue weighted by Crippen LogP contribution is 1.82. The highest BCUT2D eigenvalue weighted by molar-refractivity contribution is 4.66. The molecular weight excluding hydrogens is 186 g/mol. The molecular formula is C8H13N3O3. The van der Waals surface area contributed by atoms with Gasteiger partial charge >= 0.3 is 0 Å². The van der Waals surface area contributed by atoms with Crippen LogP contribution in [-0.2, 0) is 13.1 Å². The van der Waals surface area contributed by atoms with Crippen LogP contribution >= 0.6 is 0 Å². The Bertz CT molecular complexity index is 292. The second-order valence-electron chi connectivity index (χ2n) is 2.45. The normalized spacial score (nSPS) is 8.64. The van der Waals surface area contributed by atoms with E-state index in [9.17, 15) is 0 Å². The van der Waals surface area contributed by atoms with Gasteiger partial charge in [0.15, 0.2) is 0 Å². The summed E-state index contributed by atoms with van der Waals surface area (Å²) < 4.78 is 4.22. The Morgan fingerprint density at radius 2 is 2.21 bits per heavy atom. The molecule has 0 aliphatic rings. The lowest BCUT2D eigenvalue weighted by atomic mass is 10.6. The Labute approximate surface area is 81.8 Å². The summed E-state index contributed by atoms with van der Waals surface area (Å²) in [6.45, 7) is 7.71. The molecule has 0 radical (unpaired) electrons. The van der Waals surface area contributed by atoms with Gasteiger partial charge < -0.3 is 15.3 Å². The molecule has 1 rings (SSSR count). The number of hydrogen-bond acceptors (Lipinski definition) is 3. The topological polar surface area (TPSA) is 75.0 Å². The number of rotatable bonds is 3. The minimum Gasteiger partial charge on any atom is -0.356 e. The van der Waals surface area contributed by atoms with Gasteiger partial charge in [-0.2, -0.15) is 0 Å². The molecule has 0 aliphatic heterocycles. The first-order valence-electron chi connectivity index (χ1n) is 4.07. The zero-order valence-electron chi connectivity index (χ0n) is 8.00. The van der Waals surface area contributed by atoms with E-state index in [2.05, 4.69) is 35.2 Å². The van der Waals surface area contributed by atoms with Crippen LogP contribution < -0.4 is 4.57 Å². The molecule has 0 fully saturated rings. The Balaban J connectivity index is 0.000000364. The van der Waals surface area contributed by atoms with E-state index in [1.54, 1.807) is 0 Å². The summed E-state index contributed by atoms with van der Waals surface area (Å²) in [6.07, 6.45) is 8.07. The summed E-state index contributed by atoms with van der Waals surface area (Å²) in [7, 11) is 0. The summed E-state index contributed by atoms with van der Waals surface area (Å²) in [4.78, 5) is 8.25. The van der Waals surface area contributed by atoms with Crippen LogP contribution in [-0.4, -0.2) is 9.65 Å². The number of aryl methyl sites for hydroxylation is 1. The number of hydrogen-bond donors (Lipinski definition) is 0. The lowest BCUT2D eigenvalue weighted by molar-refractivity contribution is -0.686. The fraction of sp³-hybridized carbons (Fsp3) is 0.375. The molecule has 6 heteroatoms. The second kappa shape index (κ2) is 6.64. The summed E-state index contributed by atoms with van der Waals surface area (Å²) in [5, 5.41) is 14.8. The van der Waals surface area contributed by atoms with Gasteiger partial charge in [-0.25, -0.2) is 9.13 Å². The van der Waals surface area contributed by atoms with Crippen molar-refractivity contribution in [2.45, 2.75) is 20.0 Å². The van der Waals surface area contributed by atoms with Crippen molar-refractivity contribution in [1.82, 2.24) is 4.57 Å². The molecule has 0 bridgehead atoms. The first kappa shape index (κ1) is 12.2. The summed E-state index contributed by atoms with van der Waals surface area (Å²) >= 11 is 0. The van der Waals surface area contributed by atoms with Crippen molar-refractivity contribution < 1.29 is 9.65 Å². The Kier molecular flexibility index (Phi) is 5.77. The van der Waals surface area contributed by atoms with E-state index >= 15 is 0 Å². The van der Waals surface area contributed by atoms with Crippen LogP contribution in [0.25, 0.3) is 0 Å². The van der Waals surface area contributed by atoms with Gasteiger partial charge in [0.25, 0.3) is 0 Å². The van der Waals surface area contributed by atoms with Crippen molar-refractivity contribution in [1.29, 1.82) is 0 Å². The van der Waals surface area contributed by atoms with Crippen molar-refractivity contribution >= 4 is 0 Å². The van der Waals surface area contributed by atoms with Crippen molar-refractivity contribution in [2.24, 2.45) is 0 Å². The zero-order valence-corrected chi connectivity index (χ0v) is 8.00. The standard InChI is InChI=1S/C8H13N2.NO3/c1-3-5-10-7-6-9(4-2)8-10;2-1(3)4/h3,6-8H,1,4-5H2,2H3;/q+1;-1. The molecule has 0 N–H and O–H groups in total. The number of nitrogens with zero attached hydrogens (tertiary/aromatic N) is 3. The highest BCUT2D eigenvalue weighted by atomic mass is 16.9. The Morgan fingerprint density at radius 3 is 2.57 bits per heavy atom. The molecule has 0 amide bonds. The summed E-state index contributed by atoms with van der Waals surface area (Å²) in [5.74, 6) is 0. The largest absolute Gasteiger partial charge is 0.356 e. The van der Waals surface area contributed by atoms with Crippen LogP contribution in [0.3, 0.4) is 0 Å². The van der Waals surface area contributed by atoms with Crippen LogP contribution in [0, 0.1) is 15.3 Å². The van der Waals surface area contributed by atoms with Gasteiger partial charge in [0, 0.05) is 0 Å². The van der Waals surface area contributed by atoms with Crippen LogP contribution in [0.1, 0.15) is 6.92 Å². The van der Waals surface area contributed by atoms with E-state index in [1.165, 1.54) is 0 Å². The van der Waals surface area contributed by atoms with Gasteiger partial charge in [0.05, 0.1) is 11.6 Å². The fourth-order valence-electron chi connectivity index (χ4n) is 0.883. The average Bonchev–Trinajstić information content (AvgIpc) is 2.52. The molecule has 0 unspecified atom stereocenters. The van der Waals surface area contributed by atoms with Crippen molar-refractivity contribution in [3.05, 3.63) is 46.7 Å². The molecule has 0 aromatic carbocycles. The van der Waals surface area contributed by atoms with E-state index in [-0.39, 0.29) is 0 Å². The first-order chi connectivity index (χ1) is 6.60.